The van der Waals surface area contributed by atoms with Gasteiger partial charge in [0.25, 0.3) is 0 Å². The minimum atomic E-state index is -1.88. The third kappa shape index (κ3) is 5.42. The molecular formula is C33H39F3N6O2Si. The Labute approximate surface area is 262 Å². The van der Waals surface area contributed by atoms with Crippen molar-refractivity contribution in [3.05, 3.63) is 41.1 Å². The van der Waals surface area contributed by atoms with Crippen LogP contribution in [-0.4, -0.2) is 89.7 Å². The van der Waals surface area contributed by atoms with Crippen LogP contribution in [0.1, 0.15) is 43.7 Å². The molecule has 3 aromatic rings. The number of anilines is 3. The standard InChI is InChI=1S/C33H39F3N6O2Si/c1-20-8-12-41(20)30-25-16-37-32(44-19-33-10-5-11-40(33)17-22(34)15-33)38-28(25)27(36)31(39-30)42-18-23(43)14-21-6-7-26(35)24(29(21)42)9-13-45(2,3)4/h6-7,16,20,22-23,43H,5,8,10-12,14-15,17-19H2,1-4H3/t20-,22+,23?,33-/m0/s1. The van der Waals surface area contributed by atoms with E-state index in [9.17, 15) is 9.50 Å². The normalized spacial score (nSPS) is 26.4. The van der Waals surface area contributed by atoms with Crippen LogP contribution in [0.5, 0.6) is 6.01 Å². The number of nitrogens with zero attached hydrogens (tertiary/aromatic N) is 6. The van der Waals surface area contributed by atoms with Crippen molar-refractivity contribution in [2.75, 3.05) is 42.6 Å². The molecule has 3 fully saturated rings. The fraction of sp³-hybridized carbons (Fsp3) is 0.545. The van der Waals surface area contributed by atoms with Gasteiger partial charge in [-0.05, 0) is 44.4 Å². The quantitative estimate of drug-likeness (QED) is 0.305. The summed E-state index contributed by atoms with van der Waals surface area (Å²) in [6.07, 6.45) is 3.27. The van der Waals surface area contributed by atoms with Crippen molar-refractivity contribution in [3.8, 4) is 17.5 Å². The topological polar surface area (TPSA) is 77.9 Å². The van der Waals surface area contributed by atoms with Gasteiger partial charge < -0.3 is 19.6 Å². The Morgan fingerprint density at radius 3 is 2.69 bits per heavy atom. The molecule has 238 valence electrons. The van der Waals surface area contributed by atoms with Crippen LogP contribution in [0.4, 0.5) is 30.5 Å². The van der Waals surface area contributed by atoms with Gasteiger partial charge in [0.15, 0.2) is 11.6 Å². The molecule has 8 nitrogen and oxygen atoms in total. The third-order valence-corrected chi connectivity index (χ3v) is 10.5. The van der Waals surface area contributed by atoms with Crippen molar-refractivity contribution >= 4 is 36.3 Å². The molecule has 1 aromatic carbocycles. The van der Waals surface area contributed by atoms with Crippen LogP contribution in [0, 0.1) is 23.1 Å². The third-order valence-electron chi connectivity index (χ3n) is 9.59. The Morgan fingerprint density at radius 2 is 1.96 bits per heavy atom. The van der Waals surface area contributed by atoms with Crippen LogP contribution < -0.4 is 14.5 Å². The minimum Gasteiger partial charge on any atom is -0.461 e. The molecule has 0 spiro atoms. The number of rotatable bonds is 5. The molecule has 1 unspecified atom stereocenters. The van der Waals surface area contributed by atoms with Crippen LogP contribution in [0.2, 0.25) is 19.6 Å². The van der Waals surface area contributed by atoms with Gasteiger partial charge in [-0.15, -0.1) is 5.54 Å². The first-order valence-electron chi connectivity index (χ1n) is 15.9. The SMILES string of the molecule is C[C@H]1CCN1c1nc(N2CC(O)Cc3ccc(F)c(C#C[Si](C)(C)C)c32)c(F)c2nc(OC[C@@]34CCCN3C[C@H](F)C4)ncc12. The highest BCUT2D eigenvalue weighted by Gasteiger charge is 2.49. The van der Waals surface area contributed by atoms with Gasteiger partial charge in [-0.25, -0.2) is 23.1 Å². The van der Waals surface area contributed by atoms with Gasteiger partial charge in [-0.2, -0.15) is 4.98 Å². The van der Waals surface area contributed by atoms with E-state index in [0.717, 1.165) is 32.4 Å². The zero-order valence-electron chi connectivity index (χ0n) is 26.2. The maximum Gasteiger partial charge on any atom is 0.317 e. The number of ether oxygens (including phenoxy) is 1. The van der Waals surface area contributed by atoms with Gasteiger partial charge >= 0.3 is 6.01 Å². The average molecular weight is 637 g/mol. The van der Waals surface area contributed by atoms with Gasteiger partial charge in [-0.1, -0.05) is 31.6 Å². The Balaban J connectivity index is 1.34. The molecule has 45 heavy (non-hydrogen) atoms. The van der Waals surface area contributed by atoms with Crippen molar-refractivity contribution < 1.29 is 23.0 Å². The van der Waals surface area contributed by atoms with E-state index in [1.54, 1.807) is 11.0 Å². The Hall–Kier alpha value is -3.40. The summed E-state index contributed by atoms with van der Waals surface area (Å²) in [5.74, 6) is 2.32. The second-order valence-corrected chi connectivity index (χ2v) is 18.8. The van der Waals surface area contributed by atoms with E-state index in [-0.39, 0.29) is 48.5 Å². The highest BCUT2D eigenvalue weighted by Crippen LogP contribution is 2.43. The van der Waals surface area contributed by atoms with Gasteiger partial charge in [0, 0.05) is 38.2 Å². The van der Waals surface area contributed by atoms with Crippen LogP contribution in [0.25, 0.3) is 10.9 Å². The van der Waals surface area contributed by atoms with Crippen molar-refractivity contribution in [2.45, 2.75) is 82.5 Å². The molecule has 4 atom stereocenters. The van der Waals surface area contributed by atoms with Crippen LogP contribution in [0.3, 0.4) is 0 Å². The number of benzene rings is 1. The van der Waals surface area contributed by atoms with Crippen molar-refractivity contribution in [1.29, 1.82) is 0 Å². The van der Waals surface area contributed by atoms with Crippen LogP contribution in [-0.2, 0) is 6.42 Å². The predicted octanol–water partition coefficient (Wildman–Crippen LogP) is 5.14. The van der Waals surface area contributed by atoms with Crippen molar-refractivity contribution in [1.82, 2.24) is 19.9 Å². The van der Waals surface area contributed by atoms with E-state index in [2.05, 4.69) is 57.8 Å². The predicted molar refractivity (Wildman–Crippen MR) is 171 cm³/mol. The van der Waals surface area contributed by atoms with Crippen LogP contribution >= 0.6 is 0 Å². The number of fused-ring (bicyclic) bond motifs is 3. The van der Waals surface area contributed by atoms with Gasteiger partial charge in [0.05, 0.1) is 34.8 Å². The molecule has 0 radical (unpaired) electrons. The highest BCUT2D eigenvalue weighted by molar-refractivity contribution is 6.83. The molecule has 0 saturated carbocycles. The Kier molecular flexibility index (Phi) is 7.49. The number of aliphatic hydroxyl groups is 1. The maximum absolute atomic E-state index is 16.8. The number of halogens is 3. The molecule has 0 bridgehead atoms. The monoisotopic (exact) mass is 636 g/mol. The molecule has 6 heterocycles. The first-order valence-corrected chi connectivity index (χ1v) is 19.4. The highest BCUT2D eigenvalue weighted by atomic mass is 28.3. The van der Waals surface area contributed by atoms with E-state index in [0.29, 0.717) is 35.4 Å². The molecular weight excluding hydrogens is 597 g/mol. The zero-order chi connectivity index (χ0) is 31.7. The molecule has 3 saturated heterocycles. The molecule has 4 aliphatic rings. The zero-order valence-corrected chi connectivity index (χ0v) is 27.2. The summed E-state index contributed by atoms with van der Waals surface area (Å²) in [5.41, 5.74) is 4.15. The van der Waals surface area contributed by atoms with E-state index >= 15 is 8.78 Å². The smallest absolute Gasteiger partial charge is 0.317 e. The first-order chi connectivity index (χ1) is 21.4. The van der Waals surface area contributed by atoms with Crippen molar-refractivity contribution in [3.63, 3.8) is 0 Å². The van der Waals surface area contributed by atoms with Gasteiger partial charge in [0.1, 0.15) is 38.0 Å². The summed E-state index contributed by atoms with van der Waals surface area (Å²) >= 11 is 0. The molecule has 4 aliphatic heterocycles. The van der Waals surface area contributed by atoms with Crippen LogP contribution in [0.15, 0.2) is 18.3 Å². The molecule has 1 N–H and O–H groups in total. The van der Waals surface area contributed by atoms with E-state index in [4.69, 9.17) is 9.72 Å². The Bertz CT molecular complexity index is 1720. The maximum atomic E-state index is 16.8. The molecule has 0 aliphatic carbocycles. The lowest BCUT2D eigenvalue weighted by Gasteiger charge is -2.41. The average Bonchev–Trinajstić information content (AvgIpc) is 3.51. The fourth-order valence-corrected chi connectivity index (χ4v) is 7.72. The van der Waals surface area contributed by atoms with E-state index in [1.165, 1.54) is 12.3 Å². The summed E-state index contributed by atoms with van der Waals surface area (Å²) in [7, 11) is -1.88. The number of hydrogen-bond acceptors (Lipinski definition) is 8. The lowest BCUT2D eigenvalue weighted by molar-refractivity contribution is 0.107. The van der Waals surface area contributed by atoms with Gasteiger partial charge in [-0.3, -0.25) is 4.90 Å². The van der Waals surface area contributed by atoms with E-state index in [1.807, 2.05) is 0 Å². The summed E-state index contributed by atoms with van der Waals surface area (Å²) in [6.45, 7) is 10.5. The summed E-state index contributed by atoms with van der Waals surface area (Å²) < 4.78 is 52.7. The van der Waals surface area contributed by atoms with E-state index < -0.39 is 37.5 Å². The molecule has 0 amide bonds. The number of aromatic nitrogens is 3. The number of β-amino-alcohol motifs (C(OH)–C–C–N with tert-alkyl or cyclic N) is 1. The molecule has 7 rings (SSSR count). The first kappa shape index (κ1) is 30.3. The number of hydrogen-bond donors (Lipinski definition) is 1. The number of aliphatic hydroxyl groups excluding tert-OH is 1. The summed E-state index contributed by atoms with van der Waals surface area (Å²) in [6, 6.07) is 3.17. The molecule has 12 heteroatoms. The second-order valence-electron chi connectivity index (χ2n) is 14.1. The van der Waals surface area contributed by atoms with Crippen molar-refractivity contribution in [2.24, 2.45) is 0 Å². The second kappa shape index (κ2) is 11.1. The lowest BCUT2D eigenvalue weighted by Crippen LogP contribution is -2.46. The summed E-state index contributed by atoms with van der Waals surface area (Å²) in [5, 5.41) is 11.3. The summed E-state index contributed by atoms with van der Waals surface area (Å²) in [4.78, 5) is 19.6. The minimum absolute atomic E-state index is 0.0107. The fourth-order valence-electron chi connectivity index (χ4n) is 7.22. The van der Waals surface area contributed by atoms with Gasteiger partial charge in [0.2, 0.25) is 0 Å². The Morgan fingerprint density at radius 1 is 1.13 bits per heavy atom. The molecule has 2 aromatic heterocycles. The largest absolute Gasteiger partial charge is 0.461 e. The number of pyridine rings is 1. The lowest BCUT2D eigenvalue weighted by atomic mass is 9.95. The number of alkyl halides is 1.